The van der Waals surface area contributed by atoms with Gasteiger partial charge in [0.1, 0.15) is 0 Å². The predicted octanol–water partition coefficient (Wildman–Crippen LogP) is 4.79. The molecule has 2 heteroatoms. The largest absolute Gasteiger partial charge is 0.481 e. The average Bonchev–Trinajstić information content (AvgIpc) is 2.21. The lowest BCUT2D eigenvalue weighted by Gasteiger charge is -1.95. The summed E-state index contributed by atoms with van der Waals surface area (Å²) in [6.07, 6.45) is 15.5. The van der Waals surface area contributed by atoms with E-state index in [1.807, 2.05) is 0 Å². The van der Waals surface area contributed by atoms with Crippen LogP contribution in [0.25, 0.3) is 0 Å². The van der Waals surface area contributed by atoms with Crippen molar-refractivity contribution in [3.63, 3.8) is 0 Å². The summed E-state index contributed by atoms with van der Waals surface area (Å²) < 4.78 is 0. The van der Waals surface area contributed by atoms with Gasteiger partial charge in [0.05, 0.1) is 0 Å². The van der Waals surface area contributed by atoms with E-state index in [1.165, 1.54) is 51.4 Å². The van der Waals surface area contributed by atoms with Crippen LogP contribution in [0, 0.1) is 0 Å². The summed E-state index contributed by atoms with van der Waals surface area (Å²) in [6.45, 7) is 5.58. The van der Waals surface area contributed by atoms with Crippen LogP contribution in [-0.2, 0) is 4.79 Å². The molecule has 0 aliphatic rings. The van der Waals surface area contributed by atoms with Gasteiger partial charge in [-0.25, -0.2) is 0 Å². The van der Waals surface area contributed by atoms with Gasteiger partial charge in [0.2, 0.25) is 0 Å². The summed E-state index contributed by atoms with van der Waals surface area (Å²) in [5, 5.41) is 7.42. The molecule has 16 heavy (non-hydrogen) atoms. The lowest BCUT2D eigenvalue weighted by molar-refractivity contribution is -0.134. The van der Waals surface area contributed by atoms with Crippen LogP contribution in [0.3, 0.4) is 0 Å². The fourth-order valence-corrected chi connectivity index (χ4v) is 1.27. The summed E-state index contributed by atoms with van der Waals surface area (Å²) in [6, 6.07) is 0. The first-order chi connectivity index (χ1) is 7.65. The van der Waals surface area contributed by atoms with Gasteiger partial charge in [-0.15, -0.1) is 0 Å². The molecule has 0 bridgehead atoms. The zero-order valence-electron chi connectivity index (χ0n) is 11.2. The fraction of sp³-hybridized carbons (Fsp3) is 0.786. The van der Waals surface area contributed by atoms with Crippen LogP contribution >= 0.6 is 0 Å². The Morgan fingerprint density at radius 3 is 1.94 bits per heavy atom. The van der Waals surface area contributed by atoms with Crippen molar-refractivity contribution in [1.29, 1.82) is 0 Å². The van der Waals surface area contributed by atoms with Gasteiger partial charge in [-0.1, -0.05) is 58.1 Å². The number of hydrogen-bond acceptors (Lipinski definition) is 1. The summed E-state index contributed by atoms with van der Waals surface area (Å²) in [5.74, 6) is -0.833. The molecular weight excluding hydrogens is 200 g/mol. The Labute approximate surface area is 101 Å². The molecule has 96 valence electrons. The highest BCUT2D eigenvalue weighted by Gasteiger charge is 1.85. The maximum Gasteiger partial charge on any atom is 0.300 e. The van der Waals surface area contributed by atoms with E-state index in [2.05, 4.69) is 26.0 Å². The molecule has 0 saturated heterocycles. The van der Waals surface area contributed by atoms with Crippen LogP contribution in [0.1, 0.15) is 72.1 Å². The standard InChI is InChI=1S/C12H24.C2H4O2/c1-3-5-7-9-11-12-10-8-6-4-2;1-2(3)4/h7,9H,3-6,8,10-12H2,1-2H3;1H3,(H,3,4). The number of carbonyl (C=O) groups is 1. The predicted molar refractivity (Wildman–Crippen MR) is 70.7 cm³/mol. The number of rotatable bonds is 8. The number of carboxylic acid groups (broad SMARTS) is 1. The Kier molecular flexibility index (Phi) is 18.3. The van der Waals surface area contributed by atoms with Gasteiger partial charge >= 0.3 is 0 Å². The molecule has 0 saturated carbocycles. The van der Waals surface area contributed by atoms with Gasteiger partial charge < -0.3 is 5.11 Å². The second-order valence-corrected chi connectivity index (χ2v) is 3.98. The van der Waals surface area contributed by atoms with Crippen molar-refractivity contribution in [3.8, 4) is 0 Å². The van der Waals surface area contributed by atoms with Crippen molar-refractivity contribution < 1.29 is 9.90 Å². The van der Waals surface area contributed by atoms with Gasteiger partial charge in [-0.3, -0.25) is 4.79 Å². The molecule has 0 aromatic carbocycles. The normalized spacial score (nSPS) is 9.94. The second kappa shape index (κ2) is 16.6. The number of allylic oxidation sites excluding steroid dienone is 2. The lowest BCUT2D eigenvalue weighted by Crippen LogP contribution is -1.78. The molecule has 0 atom stereocenters. The first-order valence-corrected chi connectivity index (χ1v) is 6.49. The van der Waals surface area contributed by atoms with E-state index >= 15 is 0 Å². The number of unbranched alkanes of at least 4 members (excludes halogenated alkanes) is 6. The Bertz CT molecular complexity index is 158. The van der Waals surface area contributed by atoms with Crippen molar-refractivity contribution >= 4 is 5.97 Å². The lowest BCUT2D eigenvalue weighted by atomic mass is 10.1. The van der Waals surface area contributed by atoms with Gasteiger partial charge in [0.25, 0.3) is 5.97 Å². The smallest absolute Gasteiger partial charge is 0.300 e. The molecule has 0 amide bonds. The van der Waals surface area contributed by atoms with E-state index in [1.54, 1.807) is 0 Å². The monoisotopic (exact) mass is 228 g/mol. The van der Waals surface area contributed by atoms with E-state index in [9.17, 15) is 0 Å². The van der Waals surface area contributed by atoms with Crippen LogP contribution in [0.5, 0.6) is 0 Å². The minimum absolute atomic E-state index is 0.833. The van der Waals surface area contributed by atoms with Crippen molar-refractivity contribution in [2.45, 2.75) is 72.1 Å². The Morgan fingerprint density at radius 1 is 0.938 bits per heavy atom. The third-order valence-corrected chi connectivity index (χ3v) is 2.10. The second-order valence-electron chi connectivity index (χ2n) is 3.98. The number of hydrogen-bond donors (Lipinski definition) is 1. The van der Waals surface area contributed by atoms with E-state index in [-0.39, 0.29) is 0 Å². The van der Waals surface area contributed by atoms with Crippen molar-refractivity contribution in [1.82, 2.24) is 0 Å². The van der Waals surface area contributed by atoms with E-state index in [0.29, 0.717) is 0 Å². The average molecular weight is 228 g/mol. The molecule has 0 aromatic rings. The van der Waals surface area contributed by atoms with Crippen LogP contribution in [0.2, 0.25) is 0 Å². The summed E-state index contributed by atoms with van der Waals surface area (Å²) in [4.78, 5) is 9.00. The molecule has 0 radical (unpaired) electrons. The summed E-state index contributed by atoms with van der Waals surface area (Å²) in [5.41, 5.74) is 0. The molecule has 0 fully saturated rings. The molecule has 0 unspecified atom stereocenters. The van der Waals surface area contributed by atoms with E-state index in [0.717, 1.165) is 6.92 Å². The Balaban J connectivity index is 0. The quantitative estimate of drug-likeness (QED) is 0.479. The third-order valence-electron chi connectivity index (χ3n) is 2.10. The molecule has 0 aromatic heterocycles. The maximum absolute atomic E-state index is 9.00. The molecule has 1 N–H and O–H groups in total. The molecular formula is C14H28O2. The third kappa shape index (κ3) is 29.2. The number of aliphatic carboxylic acids is 1. The van der Waals surface area contributed by atoms with Crippen molar-refractivity contribution in [3.05, 3.63) is 12.2 Å². The highest BCUT2D eigenvalue weighted by atomic mass is 16.4. The van der Waals surface area contributed by atoms with Gasteiger partial charge in [-0.05, 0) is 19.3 Å². The topological polar surface area (TPSA) is 37.3 Å². The van der Waals surface area contributed by atoms with Crippen LogP contribution in [0.4, 0.5) is 0 Å². The summed E-state index contributed by atoms with van der Waals surface area (Å²) >= 11 is 0. The minimum atomic E-state index is -0.833. The van der Waals surface area contributed by atoms with Gasteiger partial charge in [0, 0.05) is 6.92 Å². The molecule has 0 rings (SSSR count). The Hall–Kier alpha value is -0.790. The highest BCUT2D eigenvalue weighted by molar-refractivity contribution is 5.62. The van der Waals surface area contributed by atoms with Crippen LogP contribution in [-0.4, -0.2) is 11.1 Å². The van der Waals surface area contributed by atoms with Gasteiger partial charge in [-0.2, -0.15) is 0 Å². The fourth-order valence-electron chi connectivity index (χ4n) is 1.27. The molecule has 0 aliphatic carbocycles. The zero-order chi connectivity index (χ0) is 12.6. The van der Waals surface area contributed by atoms with Crippen molar-refractivity contribution in [2.24, 2.45) is 0 Å². The maximum atomic E-state index is 9.00. The molecule has 0 aliphatic heterocycles. The highest BCUT2D eigenvalue weighted by Crippen LogP contribution is 2.05. The zero-order valence-corrected chi connectivity index (χ0v) is 11.2. The first-order valence-electron chi connectivity index (χ1n) is 6.49. The van der Waals surface area contributed by atoms with Gasteiger partial charge in [0.15, 0.2) is 0 Å². The van der Waals surface area contributed by atoms with Crippen LogP contribution < -0.4 is 0 Å². The first kappa shape index (κ1) is 17.6. The number of carboxylic acids is 1. The minimum Gasteiger partial charge on any atom is -0.481 e. The van der Waals surface area contributed by atoms with Crippen LogP contribution in [0.15, 0.2) is 12.2 Å². The molecule has 0 spiro atoms. The molecule has 0 heterocycles. The SMILES string of the molecule is CC(=O)O.CCCC=CCCCCCCC. The van der Waals surface area contributed by atoms with E-state index < -0.39 is 5.97 Å². The summed E-state index contributed by atoms with van der Waals surface area (Å²) in [7, 11) is 0. The van der Waals surface area contributed by atoms with E-state index in [4.69, 9.17) is 9.90 Å². The van der Waals surface area contributed by atoms with Crippen molar-refractivity contribution in [2.75, 3.05) is 0 Å². The molecule has 2 nitrogen and oxygen atoms in total. The Morgan fingerprint density at radius 2 is 1.44 bits per heavy atom.